The largest absolute Gasteiger partial charge is 0.497 e. The van der Waals surface area contributed by atoms with Gasteiger partial charge < -0.3 is 9.64 Å². The lowest BCUT2D eigenvalue weighted by Crippen LogP contribution is -2.39. The van der Waals surface area contributed by atoms with E-state index in [1.54, 1.807) is 30.1 Å². The SMILES string of the molecule is CCN(C(=O)c1ccc2nncn2c1)[C@H](C)Cc1ccc(OC)cc1. The summed E-state index contributed by atoms with van der Waals surface area (Å²) in [5, 5.41) is 7.82. The number of benzene rings is 1. The number of aromatic nitrogens is 3. The van der Waals surface area contributed by atoms with Gasteiger partial charge in [0, 0.05) is 18.8 Å². The zero-order valence-electron chi connectivity index (χ0n) is 14.7. The van der Waals surface area contributed by atoms with Crippen LogP contribution in [0.5, 0.6) is 5.75 Å². The molecule has 0 unspecified atom stereocenters. The molecule has 2 heterocycles. The number of pyridine rings is 1. The summed E-state index contributed by atoms with van der Waals surface area (Å²) in [7, 11) is 1.65. The van der Waals surface area contributed by atoms with Crippen molar-refractivity contribution in [1.29, 1.82) is 0 Å². The zero-order valence-corrected chi connectivity index (χ0v) is 14.7. The molecule has 2 aromatic heterocycles. The first-order valence-corrected chi connectivity index (χ1v) is 8.35. The Balaban J connectivity index is 1.75. The van der Waals surface area contributed by atoms with Crippen molar-refractivity contribution in [2.45, 2.75) is 26.3 Å². The first-order valence-electron chi connectivity index (χ1n) is 8.35. The molecule has 0 aliphatic carbocycles. The zero-order chi connectivity index (χ0) is 17.8. The van der Waals surface area contributed by atoms with Crippen LogP contribution in [0.2, 0.25) is 0 Å². The normalized spacial score (nSPS) is 12.1. The second-order valence-corrected chi connectivity index (χ2v) is 6.01. The number of nitrogens with zero attached hydrogens (tertiary/aromatic N) is 4. The van der Waals surface area contributed by atoms with Gasteiger partial charge in [-0.05, 0) is 50.1 Å². The van der Waals surface area contributed by atoms with Crippen LogP contribution < -0.4 is 4.74 Å². The Morgan fingerprint density at radius 1 is 1.24 bits per heavy atom. The summed E-state index contributed by atoms with van der Waals surface area (Å²) in [5.74, 6) is 0.848. The molecule has 0 aliphatic rings. The third kappa shape index (κ3) is 3.63. The number of hydrogen-bond acceptors (Lipinski definition) is 4. The van der Waals surface area contributed by atoms with Crippen LogP contribution in [0.25, 0.3) is 5.65 Å². The first-order chi connectivity index (χ1) is 12.1. The maximum Gasteiger partial charge on any atom is 0.255 e. The monoisotopic (exact) mass is 338 g/mol. The summed E-state index contributed by atoms with van der Waals surface area (Å²) in [6, 6.07) is 11.7. The van der Waals surface area contributed by atoms with Gasteiger partial charge in [0.25, 0.3) is 5.91 Å². The molecule has 1 amide bonds. The lowest BCUT2D eigenvalue weighted by Gasteiger charge is -2.28. The fourth-order valence-corrected chi connectivity index (χ4v) is 2.99. The fraction of sp³-hybridized carbons (Fsp3) is 0.316. The maximum absolute atomic E-state index is 12.9. The minimum atomic E-state index is 0.0131. The van der Waals surface area contributed by atoms with Crippen molar-refractivity contribution in [3.05, 3.63) is 60.0 Å². The average molecular weight is 338 g/mol. The Labute approximate surface area is 147 Å². The van der Waals surface area contributed by atoms with Gasteiger partial charge in [-0.25, -0.2) is 0 Å². The molecule has 0 saturated heterocycles. The predicted octanol–water partition coefficient (Wildman–Crippen LogP) is 2.83. The molecule has 1 atom stereocenters. The van der Waals surface area contributed by atoms with Crippen molar-refractivity contribution in [2.75, 3.05) is 13.7 Å². The van der Waals surface area contributed by atoms with E-state index in [9.17, 15) is 4.79 Å². The number of amides is 1. The van der Waals surface area contributed by atoms with Crippen LogP contribution in [0.3, 0.4) is 0 Å². The van der Waals surface area contributed by atoms with Crippen LogP contribution in [-0.2, 0) is 6.42 Å². The van der Waals surface area contributed by atoms with Crippen molar-refractivity contribution in [3.63, 3.8) is 0 Å². The van der Waals surface area contributed by atoms with Crippen molar-refractivity contribution in [2.24, 2.45) is 0 Å². The number of rotatable bonds is 6. The molecule has 0 fully saturated rings. The molecule has 0 bridgehead atoms. The Morgan fingerprint density at radius 2 is 2.00 bits per heavy atom. The standard InChI is InChI=1S/C19H22N4O2/c1-4-23(14(2)11-15-5-8-17(25-3)9-6-15)19(24)16-7-10-18-21-20-13-22(18)12-16/h5-10,12-14H,4,11H2,1-3H3/t14-/m1/s1. The summed E-state index contributed by atoms with van der Waals surface area (Å²) in [4.78, 5) is 14.8. The minimum Gasteiger partial charge on any atom is -0.497 e. The maximum atomic E-state index is 12.9. The van der Waals surface area contributed by atoms with Crippen molar-refractivity contribution < 1.29 is 9.53 Å². The van der Waals surface area contributed by atoms with Crippen LogP contribution in [0.4, 0.5) is 0 Å². The molecular formula is C19H22N4O2. The third-order valence-corrected chi connectivity index (χ3v) is 4.36. The van der Waals surface area contributed by atoms with Crippen LogP contribution in [0.15, 0.2) is 48.9 Å². The topological polar surface area (TPSA) is 59.7 Å². The first kappa shape index (κ1) is 17.0. The van der Waals surface area contributed by atoms with Gasteiger partial charge in [-0.1, -0.05) is 12.1 Å². The van der Waals surface area contributed by atoms with Crippen molar-refractivity contribution in [3.8, 4) is 5.75 Å². The summed E-state index contributed by atoms with van der Waals surface area (Å²) in [6.07, 6.45) is 4.17. The Kier molecular flexibility index (Phi) is 4.97. The molecule has 1 aromatic carbocycles. The highest BCUT2D eigenvalue weighted by Gasteiger charge is 2.20. The molecule has 130 valence electrons. The molecule has 0 saturated carbocycles. The third-order valence-electron chi connectivity index (χ3n) is 4.36. The van der Waals surface area contributed by atoms with Gasteiger partial charge in [-0.15, -0.1) is 10.2 Å². The van der Waals surface area contributed by atoms with Gasteiger partial charge >= 0.3 is 0 Å². The molecule has 6 nitrogen and oxygen atoms in total. The highest BCUT2D eigenvalue weighted by atomic mass is 16.5. The number of carbonyl (C=O) groups is 1. The van der Waals surface area contributed by atoms with Gasteiger partial charge in [0.2, 0.25) is 0 Å². The molecule has 6 heteroatoms. The van der Waals surface area contributed by atoms with E-state index in [0.29, 0.717) is 12.1 Å². The Hall–Kier alpha value is -2.89. The average Bonchev–Trinajstić information content (AvgIpc) is 3.10. The molecular weight excluding hydrogens is 316 g/mol. The number of carbonyl (C=O) groups excluding carboxylic acids is 1. The Bertz CT molecular complexity index is 857. The second kappa shape index (κ2) is 7.34. The van der Waals surface area contributed by atoms with E-state index in [1.807, 2.05) is 42.2 Å². The quantitative estimate of drug-likeness (QED) is 0.693. The molecule has 0 aliphatic heterocycles. The number of fused-ring (bicyclic) bond motifs is 1. The van der Waals surface area contributed by atoms with E-state index in [0.717, 1.165) is 17.8 Å². The van der Waals surface area contributed by atoms with Crippen LogP contribution in [0.1, 0.15) is 29.8 Å². The fourth-order valence-electron chi connectivity index (χ4n) is 2.99. The van der Waals surface area contributed by atoms with E-state index in [-0.39, 0.29) is 11.9 Å². The van der Waals surface area contributed by atoms with Gasteiger partial charge in [0.1, 0.15) is 12.1 Å². The van der Waals surface area contributed by atoms with E-state index < -0.39 is 0 Å². The summed E-state index contributed by atoms with van der Waals surface area (Å²) in [5.41, 5.74) is 2.54. The summed E-state index contributed by atoms with van der Waals surface area (Å²) in [6.45, 7) is 4.72. The number of methoxy groups -OCH3 is 1. The molecule has 0 N–H and O–H groups in total. The van der Waals surface area contributed by atoms with Crippen LogP contribution in [-0.4, -0.2) is 45.1 Å². The minimum absolute atomic E-state index is 0.0131. The smallest absolute Gasteiger partial charge is 0.255 e. The lowest BCUT2D eigenvalue weighted by molar-refractivity contribution is 0.0703. The van der Waals surface area contributed by atoms with Gasteiger partial charge in [0.05, 0.1) is 12.7 Å². The highest BCUT2D eigenvalue weighted by Crippen LogP contribution is 2.16. The highest BCUT2D eigenvalue weighted by molar-refractivity contribution is 5.94. The summed E-state index contributed by atoms with van der Waals surface area (Å²) < 4.78 is 6.95. The second-order valence-electron chi connectivity index (χ2n) is 6.01. The van der Waals surface area contributed by atoms with Crippen molar-refractivity contribution >= 4 is 11.6 Å². The Morgan fingerprint density at radius 3 is 2.68 bits per heavy atom. The van der Waals surface area contributed by atoms with Gasteiger partial charge in [-0.3, -0.25) is 9.20 Å². The van der Waals surface area contributed by atoms with Crippen LogP contribution >= 0.6 is 0 Å². The van der Waals surface area contributed by atoms with Gasteiger partial charge in [-0.2, -0.15) is 0 Å². The molecule has 3 rings (SSSR count). The lowest BCUT2D eigenvalue weighted by atomic mass is 10.0. The molecule has 0 spiro atoms. The van der Waals surface area contributed by atoms with E-state index >= 15 is 0 Å². The number of ether oxygens (including phenoxy) is 1. The summed E-state index contributed by atoms with van der Waals surface area (Å²) >= 11 is 0. The predicted molar refractivity (Wildman–Crippen MR) is 95.9 cm³/mol. The van der Waals surface area contributed by atoms with E-state index in [2.05, 4.69) is 17.1 Å². The number of hydrogen-bond donors (Lipinski definition) is 0. The molecule has 3 aromatic rings. The molecule has 25 heavy (non-hydrogen) atoms. The van der Waals surface area contributed by atoms with Crippen molar-refractivity contribution in [1.82, 2.24) is 19.5 Å². The number of likely N-dealkylation sites (N-methyl/N-ethyl adjacent to an activating group) is 1. The van der Waals surface area contributed by atoms with Gasteiger partial charge in [0.15, 0.2) is 5.65 Å². The molecule has 0 radical (unpaired) electrons. The van der Waals surface area contributed by atoms with Crippen LogP contribution in [0, 0.1) is 0 Å². The van der Waals surface area contributed by atoms with E-state index in [1.165, 1.54) is 5.56 Å². The van der Waals surface area contributed by atoms with E-state index in [4.69, 9.17) is 4.74 Å².